The molecule has 0 spiro atoms. The first-order chi connectivity index (χ1) is 11.7. The van der Waals surface area contributed by atoms with Crippen molar-refractivity contribution in [1.29, 1.82) is 0 Å². The molecule has 4 N–H and O–H groups in total. The lowest BCUT2D eigenvalue weighted by Gasteiger charge is -2.15. The minimum Gasteiger partial charge on any atom is -0.481 e. The van der Waals surface area contributed by atoms with Crippen LogP contribution < -0.4 is 10.1 Å². The van der Waals surface area contributed by atoms with Crippen LogP contribution in [-0.2, 0) is 15.8 Å². The molecule has 0 saturated heterocycles. The normalized spacial score (nSPS) is 11.2. The van der Waals surface area contributed by atoms with Crippen LogP contribution in [0, 0.1) is 5.82 Å². The third kappa shape index (κ3) is 5.72. The second-order valence-electron chi connectivity index (χ2n) is 5.05. The van der Waals surface area contributed by atoms with Crippen LogP contribution >= 0.6 is 19.2 Å². The minimum atomic E-state index is -4.37. The third-order valence-corrected chi connectivity index (χ3v) is 3.82. The first-order valence-corrected chi connectivity index (χ1v) is 9.06. The number of nitrogens with one attached hydrogen (secondary N) is 1. The maximum absolute atomic E-state index is 13.9. The number of ether oxygens (including phenoxy) is 1. The van der Waals surface area contributed by atoms with Gasteiger partial charge in [0.15, 0.2) is 6.35 Å². The van der Waals surface area contributed by atoms with Gasteiger partial charge in [0.1, 0.15) is 11.6 Å². The largest absolute Gasteiger partial charge is 0.481 e. The topological polar surface area (TPSA) is 116 Å². The summed E-state index contributed by atoms with van der Waals surface area (Å²) < 4.78 is 29.7. The summed E-state index contributed by atoms with van der Waals surface area (Å²) in [4.78, 5) is 28.7. The maximum Gasteiger partial charge on any atom is 0.362 e. The summed E-state index contributed by atoms with van der Waals surface area (Å²) in [6.07, 6.45) is -1.26. The van der Waals surface area contributed by atoms with Crippen molar-refractivity contribution in [3.63, 3.8) is 0 Å². The quantitative estimate of drug-likeness (QED) is 0.536. The molecular weight excluding hydrogens is 376 g/mol. The van der Waals surface area contributed by atoms with Crippen LogP contribution in [0.15, 0.2) is 36.4 Å². The number of aliphatic carboxylic acids is 1. The fourth-order valence-corrected chi connectivity index (χ4v) is 2.53. The fraction of sp³-hybridized carbons (Fsp3) is 0.133. The molecule has 2 rings (SSSR count). The number of benzene rings is 2. The average Bonchev–Trinajstić information content (AvgIpc) is 2.49. The van der Waals surface area contributed by atoms with Crippen LogP contribution in [0.25, 0.3) is 0 Å². The van der Waals surface area contributed by atoms with Gasteiger partial charge in [-0.2, -0.15) is 0 Å². The highest BCUT2D eigenvalue weighted by molar-refractivity contribution is 7.51. The molecule has 7 nitrogen and oxygen atoms in total. The summed E-state index contributed by atoms with van der Waals surface area (Å²) in [5, 5.41) is 11.9. The van der Waals surface area contributed by atoms with E-state index >= 15 is 0 Å². The fourth-order valence-electron chi connectivity index (χ4n) is 2.00. The second-order valence-corrected chi connectivity index (χ2v) is 7.04. The Kier molecular flexibility index (Phi) is 6.02. The van der Waals surface area contributed by atoms with E-state index in [2.05, 4.69) is 5.32 Å². The molecule has 10 heteroatoms. The van der Waals surface area contributed by atoms with Gasteiger partial charge in [0.05, 0.1) is 17.1 Å². The Bertz CT molecular complexity index is 821. The van der Waals surface area contributed by atoms with E-state index in [0.717, 1.165) is 0 Å². The van der Waals surface area contributed by atoms with Crippen molar-refractivity contribution < 1.29 is 33.4 Å². The number of carbonyl (C=O) groups is 1. The Morgan fingerprint density at radius 3 is 2.60 bits per heavy atom. The zero-order valence-corrected chi connectivity index (χ0v) is 14.3. The van der Waals surface area contributed by atoms with Crippen LogP contribution in [0.1, 0.15) is 5.56 Å². The number of rotatable bonds is 7. The molecule has 25 heavy (non-hydrogen) atoms. The Balaban J connectivity index is 2.33. The molecule has 0 bridgehead atoms. The number of halogens is 2. The summed E-state index contributed by atoms with van der Waals surface area (Å²) in [6, 6.07) is 8.19. The predicted molar refractivity (Wildman–Crippen MR) is 90.0 cm³/mol. The number of hydrogen-bond donors (Lipinski definition) is 4. The van der Waals surface area contributed by atoms with Gasteiger partial charge in [-0.3, -0.25) is 9.36 Å². The van der Waals surface area contributed by atoms with Gasteiger partial charge in [-0.1, -0.05) is 17.7 Å². The van der Waals surface area contributed by atoms with Crippen molar-refractivity contribution in [3.8, 4) is 5.75 Å². The summed E-state index contributed by atoms with van der Waals surface area (Å²) in [7, 11) is -4.37. The van der Waals surface area contributed by atoms with Crippen LogP contribution in [-0.4, -0.2) is 27.2 Å². The van der Waals surface area contributed by atoms with Crippen molar-refractivity contribution >= 4 is 36.5 Å². The summed E-state index contributed by atoms with van der Waals surface area (Å²) >= 11 is 5.94. The molecule has 0 fully saturated rings. The van der Waals surface area contributed by atoms with Crippen LogP contribution in [0.3, 0.4) is 0 Å². The van der Waals surface area contributed by atoms with E-state index in [0.29, 0.717) is 0 Å². The highest BCUT2D eigenvalue weighted by Gasteiger charge is 2.16. The van der Waals surface area contributed by atoms with E-state index < -0.39 is 32.2 Å². The second kappa shape index (κ2) is 7.84. The van der Waals surface area contributed by atoms with E-state index in [4.69, 9.17) is 31.2 Å². The smallest absolute Gasteiger partial charge is 0.362 e. The molecule has 0 radical (unpaired) electrons. The van der Waals surface area contributed by atoms with E-state index in [-0.39, 0.29) is 27.7 Å². The van der Waals surface area contributed by atoms with Crippen molar-refractivity contribution in [2.24, 2.45) is 0 Å². The molecule has 2 aromatic rings. The molecule has 0 aliphatic carbocycles. The lowest BCUT2D eigenvalue weighted by molar-refractivity contribution is -0.136. The predicted octanol–water partition coefficient (Wildman–Crippen LogP) is 3.36. The summed E-state index contributed by atoms with van der Waals surface area (Å²) in [5.74, 6) is -1.69. The van der Waals surface area contributed by atoms with Crippen LogP contribution in [0.2, 0.25) is 5.02 Å². The Labute approximate surface area is 147 Å². The Morgan fingerprint density at radius 2 is 2.00 bits per heavy atom. The van der Waals surface area contributed by atoms with E-state index in [9.17, 15) is 13.8 Å². The van der Waals surface area contributed by atoms with Gasteiger partial charge in [-0.05, 0) is 35.9 Å². The van der Waals surface area contributed by atoms with Crippen molar-refractivity contribution in [2.45, 2.75) is 6.42 Å². The zero-order chi connectivity index (χ0) is 18.6. The van der Waals surface area contributed by atoms with Gasteiger partial charge in [0, 0.05) is 5.69 Å². The molecule has 0 aliphatic heterocycles. The molecule has 0 heterocycles. The maximum atomic E-state index is 13.9. The summed E-state index contributed by atoms with van der Waals surface area (Å²) in [6.45, 7) is 0. The number of carboxylic acid groups (broad SMARTS) is 1. The number of hydrogen-bond acceptors (Lipinski definition) is 4. The Morgan fingerprint density at radius 1 is 1.28 bits per heavy atom. The van der Waals surface area contributed by atoms with Gasteiger partial charge in [0.25, 0.3) is 0 Å². The lowest BCUT2D eigenvalue weighted by atomic mass is 10.1. The highest BCUT2D eigenvalue weighted by atomic mass is 35.5. The Hall–Kier alpha value is -2.12. The summed E-state index contributed by atoms with van der Waals surface area (Å²) in [5.41, 5.74) is 0.493. The van der Waals surface area contributed by atoms with E-state index in [1.165, 1.54) is 36.4 Å². The van der Waals surface area contributed by atoms with E-state index in [1.807, 2.05) is 0 Å². The molecule has 0 aromatic heterocycles. The molecule has 0 amide bonds. The monoisotopic (exact) mass is 389 g/mol. The van der Waals surface area contributed by atoms with E-state index in [1.54, 1.807) is 0 Å². The van der Waals surface area contributed by atoms with Gasteiger partial charge in [0.2, 0.25) is 0 Å². The average molecular weight is 390 g/mol. The third-order valence-electron chi connectivity index (χ3n) is 3.04. The standard InChI is InChI=1S/C15H14ClFNO6P/c16-11-2-1-3-12(17)15(11)18-13-5-4-10(24-8-25(21,22)23)6-9(13)7-14(19)20/h1-6,18H,7-8H2,(H,19,20)(H2,21,22,23). The van der Waals surface area contributed by atoms with Crippen molar-refractivity contribution in [2.75, 3.05) is 11.7 Å². The first-order valence-electron chi connectivity index (χ1n) is 6.89. The minimum absolute atomic E-state index is 0.0142. The molecule has 0 unspecified atom stereocenters. The molecule has 2 aromatic carbocycles. The molecule has 0 aliphatic rings. The molecule has 0 atom stereocenters. The molecule has 134 valence electrons. The highest BCUT2D eigenvalue weighted by Crippen LogP contribution is 2.36. The zero-order valence-electron chi connectivity index (χ0n) is 12.6. The van der Waals surface area contributed by atoms with Crippen molar-refractivity contribution in [1.82, 2.24) is 0 Å². The first kappa shape index (κ1) is 19.2. The molecular formula is C15H14ClFNO6P. The van der Waals surface area contributed by atoms with Gasteiger partial charge in [-0.25, -0.2) is 4.39 Å². The van der Waals surface area contributed by atoms with Gasteiger partial charge in [-0.15, -0.1) is 0 Å². The number of carboxylic acids is 1. The van der Waals surface area contributed by atoms with Crippen LogP contribution in [0.4, 0.5) is 15.8 Å². The van der Waals surface area contributed by atoms with Crippen molar-refractivity contribution in [3.05, 3.63) is 52.8 Å². The SMILES string of the molecule is O=C(O)Cc1cc(OCP(=O)(O)O)ccc1Nc1c(F)cccc1Cl. The number of anilines is 2. The lowest BCUT2D eigenvalue weighted by Crippen LogP contribution is -2.06. The molecule has 0 saturated carbocycles. The van der Waals surface area contributed by atoms with Gasteiger partial charge >= 0.3 is 13.6 Å². The van der Waals surface area contributed by atoms with Crippen LogP contribution in [0.5, 0.6) is 5.75 Å². The number of para-hydroxylation sites is 1. The van der Waals surface area contributed by atoms with Gasteiger partial charge < -0.3 is 24.9 Å².